The molecule has 0 atom stereocenters. The second-order valence-electron chi connectivity index (χ2n) is 3.74. The Bertz CT molecular complexity index is 519. The van der Waals surface area contributed by atoms with Gasteiger partial charge in [-0.3, -0.25) is 9.48 Å². The molecule has 0 aliphatic heterocycles. The molecule has 0 saturated carbocycles. The minimum atomic E-state index is 0.0652. The van der Waals surface area contributed by atoms with Crippen LogP contribution < -0.4 is 0 Å². The fourth-order valence-electron chi connectivity index (χ4n) is 1.57. The standard InChI is InChI=1S/C12H12ClN3O/c1-16-10(6-7-15-16)3-4-11(17)9-2-5-12(13)14-8-9/h2,5-8H,3-4H2,1H3. The number of carbonyl (C=O) groups excluding carboxylic acids is 1. The molecule has 88 valence electrons. The quantitative estimate of drug-likeness (QED) is 0.617. The molecule has 0 unspecified atom stereocenters. The number of hydrogen-bond donors (Lipinski definition) is 0. The molecule has 2 aromatic rings. The maximum Gasteiger partial charge on any atom is 0.164 e. The molecular weight excluding hydrogens is 238 g/mol. The molecule has 0 aromatic carbocycles. The highest BCUT2D eigenvalue weighted by Crippen LogP contribution is 2.09. The summed E-state index contributed by atoms with van der Waals surface area (Å²) in [6.07, 6.45) is 4.36. The first-order valence-electron chi connectivity index (χ1n) is 5.28. The predicted octanol–water partition coefficient (Wildman–Crippen LogP) is 2.28. The van der Waals surface area contributed by atoms with Crippen LogP contribution in [0.3, 0.4) is 0 Å². The third kappa shape index (κ3) is 2.91. The number of pyridine rings is 1. The van der Waals surface area contributed by atoms with E-state index in [1.165, 1.54) is 6.20 Å². The Kier molecular flexibility index (Phi) is 3.54. The van der Waals surface area contributed by atoms with Crippen LogP contribution >= 0.6 is 11.6 Å². The van der Waals surface area contributed by atoms with E-state index < -0.39 is 0 Å². The van der Waals surface area contributed by atoms with Crippen LogP contribution in [-0.2, 0) is 13.5 Å². The second kappa shape index (κ2) is 5.10. The summed E-state index contributed by atoms with van der Waals surface area (Å²) in [6, 6.07) is 5.23. The van der Waals surface area contributed by atoms with Gasteiger partial charge in [-0.2, -0.15) is 5.10 Å². The SMILES string of the molecule is Cn1nccc1CCC(=O)c1ccc(Cl)nc1. The third-order valence-electron chi connectivity index (χ3n) is 2.58. The zero-order valence-corrected chi connectivity index (χ0v) is 10.2. The first kappa shape index (κ1) is 11.8. The molecule has 0 aliphatic carbocycles. The van der Waals surface area contributed by atoms with Gasteiger partial charge in [0, 0.05) is 37.1 Å². The third-order valence-corrected chi connectivity index (χ3v) is 2.80. The summed E-state index contributed by atoms with van der Waals surface area (Å²) in [6.45, 7) is 0. The van der Waals surface area contributed by atoms with Crippen molar-refractivity contribution in [3.63, 3.8) is 0 Å². The van der Waals surface area contributed by atoms with Crippen molar-refractivity contribution < 1.29 is 4.79 Å². The van der Waals surface area contributed by atoms with E-state index in [9.17, 15) is 4.79 Å². The van der Waals surface area contributed by atoms with E-state index >= 15 is 0 Å². The summed E-state index contributed by atoms with van der Waals surface area (Å²) in [5.41, 5.74) is 1.64. The Morgan fingerprint density at radius 1 is 1.41 bits per heavy atom. The molecule has 2 rings (SSSR count). The lowest BCUT2D eigenvalue weighted by Gasteiger charge is -2.02. The second-order valence-corrected chi connectivity index (χ2v) is 4.13. The highest BCUT2D eigenvalue weighted by atomic mass is 35.5. The van der Waals surface area contributed by atoms with Crippen molar-refractivity contribution in [1.29, 1.82) is 0 Å². The van der Waals surface area contributed by atoms with Crippen molar-refractivity contribution >= 4 is 17.4 Å². The van der Waals surface area contributed by atoms with Crippen molar-refractivity contribution in [1.82, 2.24) is 14.8 Å². The van der Waals surface area contributed by atoms with E-state index in [4.69, 9.17) is 11.6 Å². The van der Waals surface area contributed by atoms with Gasteiger partial charge in [-0.05, 0) is 24.6 Å². The van der Waals surface area contributed by atoms with Crippen molar-refractivity contribution in [3.05, 3.63) is 47.0 Å². The summed E-state index contributed by atoms with van der Waals surface area (Å²) in [5, 5.41) is 4.45. The van der Waals surface area contributed by atoms with Gasteiger partial charge in [-0.1, -0.05) is 11.6 Å². The number of carbonyl (C=O) groups is 1. The van der Waals surface area contributed by atoms with Crippen LogP contribution in [0.25, 0.3) is 0 Å². The lowest BCUT2D eigenvalue weighted by molar-refractivity contribution is 0.0982. The number of halogens is 1. The number of ketones is 1. The van der Waals surface area contributed by atoms with Crippen molar-refractivity contribution in [2.24, 2.45) is 7.05 Å². The highest BCUT2D eigenvalue weighted by Gasteiger charge is 2.08. The molecule has 0 N–H and O–H groups in total. The highest BCUT2D eigenvalue weighted by molar-refractivity contribution is 6.29. The Labute approximate surface area is 104 Å². The molecule has 0 amide bonds. The number of hydrogen-bond acceptors (Lipinski definition) is 3. The zero-order chi connectivity index (χ0) is 12.3. The van der Waals surface area contributed by atoms with Gasteiger partial charge in [-0.15, -0.1) is 0 Å². The maximum absolute atomic E-state index is 11.8. The van der Waals surface area contributed by atoms with Crippen molar-refractivity contribution in [3.8, 4) is 0 Å². The van der Waals surface area contributed by atoms with E-state index in [2.05, 4.69) is 10.1 Å². The van der Waals surface area contributed by atoms with E-state index in [1.54, 1.807) is 23.0 Å². The summed E-state index contributed by atoms with van der Waals surface area (Å²) in [4.78, 5) is 15.7. The van der Waals surface area contributed by atoms with Crippen LogP contribution in [0.1, 0.15) is 22.5 Å². The smallest absolute Gasteiger partial charge is 0.164 e. The van der Waals surface area contributed by atoms with Crippen LogP contribution in [0.2, 0.25) is 5.15 Å². The average molecular weight is 250 g/mol. The Hall–Kier alpha value is -1.68. The number of Topliss-reactive ketones (excluding diaryl/α,β-unsaturated/α-hetero) is 1. The summed E-state index contributed by atoms with van der Waals surface area (Å²) < 4.78 is 1.77. The first-order chi connectivity index (χ1) is 8.16. The maximum atomic E-state index is 11.8. The lowest BCUT2D eigenvalue weighted by Crippen LogP contribution is -2.05. The van der Waals surface area contributed by atoms with Gasteiger partial charge in [0.1, 0.15) is 5.15 Å². The molecule has 0 radical (unpaired) electrons. The molecule has 0 saturated heterocycles. The number of aromatic nitrogens is 3. The van der Waals surface area contributed by atoms with Crippen LogP contribution in [0.4, 0.5) is 0 Å². The molecule has 0 bridgehead atoms. The van der Waals surface area contributed by atoms with Crippen LogP contribution in [0.15, 0.2) is 30.6 Å². The fourth-order valence-corrected chi connectivity index (χ4v) is 1.69. The van der Waals surface area contributed by atoms with E-state index in [-0.39, 0.29) is 5.78 Å². The Morgan fingerprint density at radius 3 is 2.82 bits per heavy atom. The largest absolute Gasteiger partial charge is 0.294 e. The van der Waals surface area contributed by atoms with Gasteiger partial charge in [0.05, 0.1) is 0 Å². The molecule has 5 heteroatoms. The summed E-state index contributed by atoms with van der Waals surface area (Å²) in [5.74, 6) is 0.0652. The van der Waals surface area contributed by atoms with E-state index in [0.29, 0.717) is 23.6 Å². The van der Waals surface area contributed by atoms with Crippen LogP contribution in [-0.4, -0.2) is 20.5 Å². The van der Waals surface area contributed by atoms with E-state index in [1.807, 2.05) is 13.1 Å². The minimum absolute atomic E-state index is 0.0652. The molecule has 4 nitrogen and oxygen atoms in total. The molecule has 0 spiro atoms. The van der Waals surface area contributed by atoms with Crippen LogP contribution in [0, 0.1) is 0 Å². The van der Waals surface area contributed by atoms with Crippen LogP contribution in [0.5, 0.6) is 0 Å². The Morgan fingerprint density at radius 2 is 2.24 bits per heavy atom. The van der Waals surface area contributed by atoms with Crippen molar-refractivity contribution in [2.75, 3.05) is 0 Å². The van der Waals surface area contributed by atoms with E-state index in [0.717, 1.165) is 5.69 Å². The summed E-state index contributed by atoms with van der Waals surface area (Å²) >= 11 is 5.66. The molecular formula is C12H12ClN3O. The van der Waals surface area contributed by atoms with Gasteiger partial charge in [-0.25, -0.2) is 4.98 Å². The normalized spacial score (nSPS) is 10.5. The number of rotatable bonds is 4. The Balaban J connectivity index is 1.98. The predicted molar refractivity (Wildman–Crippen MR) is 65.1 cm³/mol. The number of aryl methyl sites for hydroxylation is 2. The van der Waals surface area contributed by atoms with Crippen molar-refractivity contribution in [2.45, 2.75) is 12.8 Å². The number of nitrogens with zero attached hydrogens (tertiary/aromatic N) is 3. The molecule has 2 aromatic heterocycles. The fraction of sp³-hybridized carbons (Fsp3) is 0.250. The first-order valence-corrected chi connectivity index (χ1v) is 5.66. The van der Waals surface area contributed by atoms with Gasteiger partial charge in [0.2, 0.25) is 0 Å². The average Bonchev–Trinajstić information content (AvgIpc) is 2.73. The van der Waals surface area contributed by atoms with Gasteiger partial charge >= 0.3 is 0 Å². The molecule has 17 heavy (non-hydrogen) atoms. The lowest BCUT2D eigenvalue weighted by atomic mass is 10.1. The zero-order valence-electron chi connectivity index (χ0n) is 9.43. The molecule has 2 heterocycles. The van der Waals surface area contributed by atoms with Gasteiger partial charge in [0.25, 0.3) is 0 Å². The molecule has 0 fully saturated rings. The van der Waals surface area contributed by atoms with Gasteiger partial charge < -0.3 is 0 Å². The monoisotopic (exact) mass is 249 g/mol. The minimum Gasteiger partial charge on any atom is -0.294 e. The van der Waals surface area contributed by atoms with Gasteiger partial charge in [0.15, 0.2) is 5.78 Å². The topological polar surface area (TPSA) is 47.8 Å². The summed E-state index contributed by atoms with van der Waals surface area (Å²) in [7, 11) is 1.86. The molecule has 0 aliphatic rings.